The van der Waals surface area contributed by atoms with Crippen LogP contribution in [0.4, 0.5) is 4.79 Å². The maximum atomic E-state index is 12.5. The van der Waals surface area contributed by atoms with Crippen LogP contribution >= 0.6 is 0 Å². The fourth-order valence-electron chi connectivity index (χ4n) is 3.91. The molecule has 2 aliphatic heterocycles. The molecule has 1 saturated carbocycles. The first kappa shape index (κ1) is 17.5. The molecule has 1 aliphatic carbocycles. The van der Waals surface area contributed by atoms with Crippen LogP contribution in [-0.4, -0.2) is 64.3 Å². The summed E-state index contributed by atoms with van der Waals surface area (Å²) in [4.78, 5) is 28.4. The smallest absolute Gasteiger partial charge is 0.410 e. The second-order valence-electron chi connectivity index (χ2n) is 8.64. The number of ether oxygens (including phenoxy) is 1. The number of rotatable bonds is 1. The quantitative estimate of drug-likeness (QED) is 0.794. The Morgan fingerprint density at radius 1 is 1.08 bits per heavy atom. The first-order chi connectivity index (χ1) is 11.2. The largest absolute Gasteiger partial charge is 0.444 e. The van der Waals surface area contributed by atoms with Crippen molar-refractivity contribution >= 4 is 12.0 Å². The number of hydrogen-bond donors (Lipinski definition) is 1. The summed E-state index contributed by atoms with van der Waals surface area (Å²) in [5, 5.41) is 10.9. The molecule has 0 aromatic rings. The van der Waals surface area contributed by atoms with Crippen molar-refractivity contribution in [2.45, 2.75) is 64.1 Å². The predicted molar refractivity (Wildman–Crippen MR) is 89.4 cm³/mol. The highest BCUT2D eigenvalue weighted by Crippen LogP contribution is 2.37. The minimum atomic E-state index is -0.755. The lowest BCUT2D eigenvalue weighted by atomic mass is 9.75. The van der Waals surface area contributed by atoms with Gasteiger partial charge in [0.05, 0.1) is 5.60 Å². The molecule has 3 aliphatic rings. The molecule has 0 aromatic carbocycles. The van der Waals surface area contributed by atoms with Gasteiger partial charge in [-0.2, -0.15) is 0 Å². The van der Waals surface area contributed by atoms with Gasteiger partial charge in [-0.3, -0.25) is 4.79 Å². The van der Waals surface area contributed by atoms with E-state index in [4.69, 9.17) is 4.74 Å². The number of hydrogen-bond acceptors (Lipinski definition) is 4. The zero-order chi connectivity index (χ0) is 17.5. The molecule has 1 N–H and O–H groups in total. The molecule has 0 unspecified atom stereocenters. The third-order valence-electron chi connectivity index (χ3n) is 5.69. The average molecular weight is 338 g/mol. The van der Waals surface area contributed by atoms with E-state index >= 15 is 0 Å². The number of nitrogens with zero attached hydrogens (tertiary/aromatic N) is 2. The fraction of sp³-hybridized carbons (Fsp3) is 0.889. The molecule has 6 nitrogen and oxygen atoms in total. The molecule has 3 rings (SSSR count). The highest BCUT2D eigenvalue weighted by molar-refractivity contribution is 5.79. The minimum Gasteiger partial charge on any atom is -0.444 e. The van der Waals surface area contributed by atoms with Gasteiger partial charge in [0.1, 0.15) is 5.60 Å². The lowest BCUT2D eigenvalue weighted by Crippen LogP contribution is -2.62. The zero-order valence-electron chi connectivity index (χ0n) is 15.1. The molecule has 0 bridgehead atoms. The van der Waals surface area contributed by atoms with E-state index in [0.717, 1.165) is 19.3 Å². The Kier molecular flexibility index (Phi) is 4.53. The van der Waals surface area contributed by atoms with E-state index in [1.165, 1.54) is 0 Å². The topological polar surface area (TPSA) is 70.1 Å². The summed E-state index contributed by atoms with van der Waals surface area (Å²) in [7, 11) is 0. The Morgan fingerprint density at radius 2 is 1.67 bits per heavy atom. The van der Waals surface area contributed by atoms with Crippen LogP contribution in [0.25, 0.3) is 0 Å². The van der Waals surface area contributed by atoms with E-state index in [0.29, 0.717) is 39.0 Å². The summed E-state index contributed by atoms with van der Waals surface area (Å²) in [6.07, 6.45) is 3.97. The highest BCUT2D eigenvalue weighted by Gasteiger charge is 2.48. The summed E-state index contributed by atoms with van der Waals surface area (Å²) >= 11 is 0. The van der Waals surface area contributed by atoms with Crippen molar-refractivity contribution in [1.29, 1.82) is 0 Å². The fourth-order valence-corrected chi connectivity index (χ4v) is 3.91. The van der Waals surface area contributed by atoms with Crippen LogP contribution < -0.4 is 0 Å². The molecule has 2 atom stereocenters. The van der Waals surface area contributed by atoms with Gasteiger partial charge in [0.25, 0.3) is 0 Å². The van der Waals surface area contributed by atoms with Crippen LogP contribution in [-0.2, 0) is 9.53 Å². The van der Waals surface area contributed by atoms with Gasteiger partial charge in [0, 0.05) is 38.0 Å². The maximum absolute atomic E-state index is 12.5. The number of aliphatic hydroxyl groups is 1. The van der Waals surface area contributed by atoms with Crippen LogP contribution in [0, 0.1) is 11.8 Å². The standard InChI is InChI=1S/C18H30N2O4/c1-17(2,3)24-16(22)20-10-8-18(23)7-9-19(11-14(18)12-20)15(21)13-5-4-6-13/h13-14,23H,4-12H2,1-3H3/t14-,18+/m1/s1. The van der Waals surface area contributed by atoms with E-state index < -0.39 is 11.2 Å². The van der Waals surface area contributed by atoms with Gasteiger partial charge in [-0.05, 0) is 46.5 Å². The summed E-state index contributed by atoms with van der Waals surface area (Å²) in [6, 6.07) is 0. The summed E-state index contributed by atoms with van der Waals surface area (Å²) in [6.45, 7) is 7.71. The van der Waals surface area contributed by atoms with Crippen LogP contribution in [0.1, 0.15) is 52.9 Å². The molecule has 2 heterocycles. The molecule has 136 valence electrons. The van der Waals surface area contributed by atoms with E-state index in [-0.39, 0.29) is 23.8 Å². The van der Waals surface area contributed by atoms with Gasteiger partial charge in [0.15, 0.2) is 0 Å². The molecule has 0 aromatic heterocycles. The number of amides is 2. The molecular formula is C18H30N2O4. The first-order valence-corrected chi connectivity index (χ1v) is 9.17. The third kappa shape index (κ3) is 3.53. The lowest BCUT2D eigenvalue weighted by molar-refractivity contribution is -0.152. The highest BCUT2D eigenvalue weighted by atomic mass is 16.6. The van der Waals surface area contributed by atoms with Crippen molar-refractivity contribution in [2.75, 3.05) is 26.2 Å². The van der Waals surface area contributed by atoms with E-state index in [1.54, 1.807) is 4.90 Å². The Morgan fingerprint density at radius 3 is 2.21 bits per heavy atom. The Hall–Kier alpha value is -1.30. The van der Waals surface area contributed by atoms with Crippen molar-refractivity contribution in [3.8, 4) is 0 Å². The Bertz CT molecular complexity index is 512. The SMILES string of the molecule is CC(C)(C)OC(=O)N1CC[C@@]2(O)CCN(C(=O)C3CCC3)C[C@@H]2C1. The van der Waals surface area contributed by atoms with Gasteiger partial charge in [-0.15, -0.1) is 0 Å². The molecule has 24 heavy (non-hydrogen) atoms. The number of likely N-dealkylation sites (tertiary alicyclic amines) is 2. The van der Waals surface area contributed by atoms with Crippen LogP contribution in [0.5, 0.6) is 0 Å². The predicted octanol–water partition coefficient (Wildman–Crippen LogP) is 2.01. The zero-order valence-corrected chi connectivity index (χ0v) is 15.1. The van der Waals surface area contributed by atoms with Crippen molar-refractivity contribution < 1.29 is 19.4 Å². The van der Waals surface area contributed by atoms with Crippen molar-refractivity contribution in [3.05, 3.63) is 0 Å². The van der Waals surface area contributed by atoms with Gasteiger partial charge < -0.3 is 19.6 Å². The molecule has 0 spiro atoms. The molecule has 3 fully saturated rings. The molecule has 0 radical (unpaired) electrons. The second kappa shape index (κ2) is 6.21. The third-order valence-corrected chi connectivity index (χ3v) is 5.69. The van der Waals surface area contributed by atoms with Gasteiger partial charge in [-0.25, -0.2) is 4.79 Å². The number of piperidine rings is 2. The number of fused-ring (bicyclic) bond motifs is 1. The van der Waals surface area contributed by atoms with Crippen molar-refractivity contribution in [2.24, 2.45) is 11.8 Å². The van der Waals surface area contributed by atoms with Crippen molar-refractivity contribution in [3.63, 3.8) is 0 Å². The molecule has 2 amide bonds. The van der Waals surface area contributed by atoms with E-state index in [2.05, 4.69) is 0 Å². The number of carbonyl (C=O) groups excluding carboxylic acids is 2. The van der Waals surface area contributed by atoms with E-state index in [1.807, 2.05) is 25.7 Å². The lowest BCUT2D eigenvalue weighted by Gasteiger charge is -2.50. The van der Waals surface area contributed by atoms with Crippen LogP contribution in [0.2, 0.25) is 0 Å². The maximum Gasteiger partial charge on any atom is 0.410 e. The monoisotopic (exact) mass is 338 g/mol. The van der Waals surface area contributed by atoms with E-state index in [9.17, 15) is 14.7 Å². The summed E-state index contributed by atoms with van der Waals surface area (Å²) in [5.41, 5.74) is -1.28. The Balaban J connectivity index is 1.63. The minimum absolute atomic E-state index is 0.0865. The summed E-state index contributed by atoms with van der Waals surface area (Å²) in [5.74, 6) is 0.330. The summed E-state index contributed by atoms with van der Waals surface area (Å²) < 4.78 is 5.45. The second-order valence-corrected chi connectivity index (χ2v) is 8.64. The average Bonchev–Trinajstić information content (AvgIpc) is 2.42. The van der Waals surface area contributed by atoms with Gasteiger partial charge in [-0.1, -0.05) is 6.42 Å². The van der Waals surface area contributed by atoms with Gasteiger partial charge in [0.2, 0.25) is 5.91 Å². The molecular weight excluding hydrogens is 308 g/mol. The number of carbonyl (C=O) groups is 2. The molecule has 2 saturated heterocycles. The molecule has 6 heteroatoms. The normalized spacial score (nSPS) is 31.2. The van der Waals surface area contributed by atoms with Gasteiger partial charge >= 0.3 is 6.09 Å². The van der Waals surface area contributed by atoms with Crippen LogP contribution in [0.15, 0.2) is 0 Å². The first-order valence-electron chi connectivity index (χ1n) is 9.17. The Labute approximate surface area is 144 Å². The van der Waals surface area contributed by atoms with Crippen molar-refractivity contribution in [1.82, 2.24) is 9.80 Å². The van der Waals surface area contributed by atoms with Crippen LogP contribution in [0.3, 0.4) is 0 Å².